The number of aliphatic hydroxyl groups excluding tert-OH is 1. The maximum Gasteiger partial charge on any atom is 0.257 e. The molecule has 0 fully saturated rings. The van der Waals surface area contributed by atoms with Crippen LogP contribution in [0.25, 0.3) is 0 Å². The molecule has 0 saturated carbocycles. The van der Waals surface area contributed by atoms with E-state index in [1.807, 2.05) is 0 Å². The lowest BCUT2D eigenvalue weighted by molar-refractivity contribution is 0.102. The van der Waals surface area contributed by atoms with Gasteiger partial charge in [-0.2, -0.15) is 0 Å². The molecule has 1 heterocycles. The number of hydrogen-bond acceptors (Lipinski definition) is 5. The zero-order valence-corrected chi connectivity index (χ0v) is 10.1. The van der Waals surface area contributed by atoms with E-state index in [9.17, 15) is 4.79 Å². The molecule has 0 radical (unpaired) electrons. The zero-order valence-electron chi connectivity index (χ0n) is 9.25. The van der Waals surface area contributed by atoms with Gasteiger partial charge in [-0.25, -0.2) is 0 Å². The third-order valence-corrected chi connectivity index (χ3v) is 2.65. The van der Waals surface area contributed by atoms with Gasteiger partial charge < -0.3 is 10.4 Å². The van der Waals surface area contributed by atoms with Crippen molar-refractivity contribution in [2.24, 2.45) is 0 Å². The summed E-state index contributed by atoms with van der Waals surface area (Å²) in [7, 11) is 0. The van der Waals surface area contributed by atoms with Gasteiger partial charge in [-0.3, -0.25) is 4.79 Å². The molecule has 1 aromatic carbocycles. The summed E-state index contributed by atoms with van der Waals surface area (Å²) in [5, 5.41) is 15.6. The fourth-order valence-corrected chi connectivity index (χ4v) is 1.74. The van der Waals surface area contributed by atoms with Gasteiger partial charge in [0.2, 0.25) is 0 Å². The smallest absolute Gasteiger partial charge is 0.257 e. The first kappa shape index (κ1) is 12.2. The predicted molar refractivity (Wildman–Crippen MR) is 68.3 cm³/mol. The van der Waals surface area contributed by atoms with Crippen molar-refractivity contribution in [3.63, 3.8) is 0 Å². The van der Waals surface area contributed by atoms with E-state index in [-0.39, 0.29) is 12.5 Å². The lowest BCUT2D eigenvalue weighted by Crippen LogP contribution is -2.12. The number of benzene rings is 1. The third-order valence-electron chi connectivity index (χ3n) is 2.07. The summed E-state index contributed by atoms with van der Waals surface area (Å²) in [6, 6.07) is 6.93. The minimum atomic E-state index is -0.274. The molecule has 0 bridgehead atoms. The van der Waals surface area contributed by atoms with Crippen molar-refractivity contribution in [3.8, 4) is 11.8 Å². The second-order valence-electron chi connectivity index (χ2n) is 3.24. The van der Waals surface area contributed by atoms with Crippen molar-refractivity contribution >= 4 is 22.4 Å². The summed E-state index contributed by atoms with van der Waals surface area (Å²) in [5.41, 5.74) is 1.02. The molecule has 0 aliphatic rings. The van der Waals surface area contributed by atoms with E-state index in [0.717, 1.165) is 11.5 Å². The summed E-state index contributed by atoms with van der Waals surface area (Å²) in [5.74, 6) is 4.98. The number of aromatic nitrogens is 2. The van der Waals surface area contributed by atoms with E-state index in [1.54, 1.807) is 24.3 Å². The summed E-state index contributed by atoms with van der Waals surface area (Å²) >= 11 is 1.10. The first-order chi connectivity index (χ1) is 8.81. The van der Waals surface area contributed by atoms with E-state index in [2.05, 4.69) is 26.7 Å². The molecule has 0 aliphatic heterocycles. The van der Waals surface area contributed by atoms with Crippen molar-refractivity contribution in [1.29, 1.82) is 0 Å². The van der Waals surface area contributed by atoms with Gasteiger partial charge in [0.15, 0.2) is 0 Å². The topological polar surface area (TPSA) is 75.1 Å². The van der Waals surface area contributed by atoms with Crippen LogP contribution in [-0.2, 0) is 0 Å². The summed E-state index contributed by atoms with van der Waals surface area (Å²) in [6.45, 7) is -0.241. The van der Waals surface area contributed by atoms with E-state index in [1.165, 1.54) is 6.20 Å². The van der Waals surface area contributed by atoms with Crippen LogP contribution in [0.3, 0.4) is 0 Å². The van der Waals surface area contributed by atoms with Crippen LogP contribution in [0.2, 0.25) is 0 Å². The Labute approximate surface area is 108 Å². The lowest BCUT2D eigenvalue weighted by atomic mass is 10.1. The Balaban J connectivity index is 2.24. The first-order valence-corrected chi connectivity index (χ1v) is 5.86. The molecule has 18 heavy (non-hydrogen) atoms. The highest BCUT2D eigenvalue weighted by atomic mass is 32.1. The molecule has 2 rings (SSSR count). The van der Waals surface area contributed by atoms with Gasteiger partial charge in [0.25, 0.3) is 5.91 Å². The molecule has 2 aromatic rings. The number of amides is 1. The van der Waals surface area contributed by atoms with Crippen molar-refractivity contribution in [3.05, 3.63) is 41.6 Å². The monoisotopic (exact) mass is 259 g/mol. The second kappa shape index (κ2) is 5.91. The maximum absolute atomic E-state index is 12.0. The standard InChI is InChI=1S/C12H9N3O2S/c16-7-3-5-9-4-1-2-6-10(9)12(17)14-11-8-13-15-18-11/h1-2,4,6,8,16H,7H2,(H,14,17). The minimum Gasteiger partial charge on any atom is -0.384 e. The number of hydrogen-bond donors (Lipinski definition) is 2. The Hall–Kier alpha value is -2.23. The second-order valence-corrected chi connectivity index (χ2v) is 4.03. The largest absolute Gasteiger partial charge is 0.384 e. The average molecular weight is 259 g/mol. The fourth-order valence-electron chi connectivity index (χ4n) is 1.33. The van der Waals surface area contributed by atoms with E-state index in [0.29, 0.717) is 16.1 Å². The lowest BCUT2D eigenvalue weighted by Gasteiger charge is -2.03. The molecule has 0 saturated heterocycles. The van der Waals surface area contributed by atoms with E-state index >= 15 is 0 Å². The van der Waals surface area contributed by atoms with E-state index in [4.69, 9.17) is 5.11 Å². The van der Waals surface area contributed by atoms with Gasteiger partial charge >= 0.3 is 0 Å². The van der Waals surface area contributed by atoms with Crippen molar-refractivity contribution < 1.29 is 9.90 Å². The van der Waals surface area contributed by atoms with Crippen LogP contribution in [0.1, 0.15) is 15.9 Å². The molecule has 2 N–H and O–H groups in total. The molecular weight excluding hydrogens is 250 g/mol. The average Bonchev–Trinajstić information content (AvgIpc) is 2.89. The zero-order chi connectivity index (χ0) is 12.8. The van der Waals surface area contributed by atoms with Crippen LogP contribution in [0.15, 0.2) is 30.5 Å². The van der Waals surface area contributed by atoms with Gasteiger partial charge in [-0.15, -0.1) is 5.10 Å². The summed E-state index contributed by atoms with van der Waals surface area (Å²) in [6.07, 6.45) is 1.48. The number of rotatable bonds is 2. The Kier molecular flexibility index (Phi) is 4.02. The molecular formula is C12H9N3O2S. The van der Waals surface area contributed by atoms with Gasteiger partial charge in [-0.1, -0.05) is 28.5 Å². The number of carbonyl (C=O) groups is 1. The van der Waals surface area contributed by atoms with Crippen molar-refractivity contribution in [1.82, 2.24) is 9.59 Å². The Morgan fingerprint density at radius 2 is 2.28 bits per heavy atom. The molecule has 5 nitrogen and oxygen atoms in total. The van der Waals surface area contributed by atoms with E-state index < -0.39 is 0 Å². The predicted octanol–water partition coefficient (Wildman–Crippen LogP) is 1.13. The number of nitrogens with zero attached hydrogens (tertiary/aromatic N) is 2. The normalized spacial score (nSPS) is 9.39. The fraction of sp³-hybridized carbons (Fsp3) is 0.0833. The summed E-state index contributed by atoms with van der Waals surface area (Å²) in [4.78, 5) is 12.0. The molecule has 0 aliphatic carbocycles. The molecule has 1 amide bonds. The van der Waals surface area contributed by atoms with Crippen LogP contribution in [-0.4, -0.2) is 27.2 Å². The number of nitrogens with one attached hydrogen (secondary N) is 1. The Morgan fingerprint density at radius 3 is 3.00 bits per heavy atom. The van der Waals surface area contributed by atoms with Crippen LogP contribution in [0.5, 0.6) is 0 Å². The maximum atomic E-state index is 12.0. The minimum absolute atomic E-state index is 0.241. The molecule has 6 heteroatoms. The quantitative estimate of drug-likeness (QED) is 0.793. The van der Waals surface area contributed by atoms with Gasteiger partial charge in [0, 0.05) is 17.1 Å². The Bertz CT molecular complexity index is 599. The molecule has 1 aromatic heterocycles. The number of carbonyl (C=O) groups excluding carboxylic acids is 1. The highest BCUT2D eigenvalue weighted by Gasteiger charge is 2.10. The highest BCUT2D eigenvalue weighted by Crippen LogP contribution is 2.13. The number of anilines is 1. The third kappa shape index (κ3) is 2.91. The van der Waals surface area contributed by atoms with Gasteiger partial charge in [0.1, 0.15) is 11.6 Å². The molecule has 0 unspecified atom stereocenters. The van der Waals surface area contributed by atoms with Crippen LogP contribution in [0.4, 0.5) is 5.00 Å². The SMILES string of the molecule is O=C(Nc1cnns1)c1ccccc1C#CCO. The van der Waals surface area contributed by atoms with Crippen LogP contribution >= 0.6 is 11.5 Å². The van der Waals surface area contributed by atoms with Crippen molar-refractivity contribution in [2.75, 3.05) is 11.9 Å². The molecule has 90 valence electrons. The van der Waals surface area contributed by atoms with Crippen molar-refractivity contribution in [2.45, 2.75) is 0 Å². The first-order valence-electron chi connectivity index (χ1n) is 5.08. The van der Waals surface area contributed by atoms with Crippen LogP contribution in [0, 0.1) is 11.8 Å². The van der Waals surface area contributed by atoms with Crippen LogP contribution < -0.4 is 5.32 Å². The number of aliphatic hydroxyl groups is 1. The molecule has 0 spiro atoms. The summed E-state index contributed by atoms with van der Waals surface area (Å²) < 4.78 is 3.66. The molecule has 0 atom stereocenters. The van der Waals surface area contributed by atoms with Gasteiger partial charge in [0.05, 0.1) is 11.8 Å². The Morgan fingerprint density at radius 1 is 1.44 bits per heavy atom. The highest BCUT2D eigenvalue weighted by molar-refractivity contribution is 7.10. The van der Waals surface area contributed by atoms with Gasteiger partial charge in [-0.05, 0) is 12.1 Å².